The highest BCUT2D eigenvalue weighted by atomic mass is 19.1. The quantitative estimate of drug-likeness (QED) is 0.787. The summed E-state index contributed by atoms with van der Waals surface area (Å²) in [5.74, 6) is -5.16. The third-order valence-electron chi connectivity index (χ3n) is 3.64. The highest BCUT2D eigenvalue weighted by molar-refractivity contribution is 5.97. The molecule has 2 atom stereocenters. The van der Waals surface area contributed by atoms with Gasteiger partial charge < -0.3 is 15.5 Å². The van der Waals surface area contributed by atoms with Gasteiger partial charge in [-0.2, -0.15) is 0 Å². The molecule has 0 heterocycles. The molecular formula is C14H14FNO5. The molecule has 0 spiro atoms. The lowest BCUT2D eigenvalue weighted by Gasteiger charge is -2.16. The van der Waals surface area contributed by atoms with Gasteiger partial charge in [-0.05, 0) is 31.0 Å². The van der Waals surface area contributed by atoms with Gasteiger partial charge in [0.05, 0.1) is 23.1 Å². The zero-order valence-electron chi connectivity index (χ0n) is 11.0. The topological polar surface area (TPSA) is 104 Å². The lowest BCUT2D eigenvalue weighted by molar-refractivity contribution is -0.145. The molecule has 112 valence electrons. The molecule has 1 amide bonds. The van der Waals surface area contributed by atoms with Crippen LogP contribution in [0.15, 0.2) is 18.2 Å². The van der Waals surface area contributed by atoms with Crippen molar-refractivity contribution >= 4 is 23.5 Å². The fraction of sp³-hybridized carbons (Fsp3) is 0.357. The number of rotatable bonds is 4. The first-order valence-electron chi connectivity index (χ1n) is 6.46. The van der Waals surface area contributed by atoms with Crippen molar-refractivity contribution in [1.29, 1.82) is 0 Å². The van der Waals surface area contributed by atoms with Crippen LogP contribution in [0.5, 0.6) is 0 Å². The molecule has 1 aliphatic carbocycles. The number of nitrogens with one attached hydrogen (secondary N) is 1. The predicted molar refractivity (Wildman–Crippen MR) is 70.5 cm³/mol. The summed E-state index contributed by atoms with van der Waals surface area (Å²) in [5.41, 5.74) is -0.413. The van der Waals surface area contributed by atoms with E-state index in [1.807, 2.05) is 0 Å². The normalized spacial score (nSPS) is 21.0. The van der Waals surface area contributed by atoms with Crippen LogP contribution >= 0.6 is 0 Å². The van der Waals surface area contributed by atoms with Gasteiger partial charge in [0.2, 0.25) is 5.91 Å². The van der Waals surface area contributed by atoms with Crippen molar-refractivity contribution in [3.63, 3.8) is 0 Å². The largest absolute Gasteiger partial charge is 0.481 e. The Bertz CT molecular complexity index is 601. The number of aliphatic carboxylic acids is 1. The molecule has 0 bridgehead atoms. The minimum atomic E-state index is -1.24. The molecule has 1 saturated carbocycles. The maximum Gasteiger partial charge on any atom is 0.335 e. The molecule has 1 aromatic rings. The van der Waals surface area contributed by atoms with Gasteiger partial charge in [0, 0.05) is 0 Å². The van der Waals surface area contributed by atoms with Gasteiger partial charge in [-0.15, -0.1) is 0 Å². The Balaban J connectivity index is 2.18. The van der Waals surface area contributed by atoms with Crippen LogP contribution in [0.1, 0.15) is 29.6 Å². The molecule has 2 rings (SSSR count). The van der Waals surface area contributed by atoms with E-state index in [9.17, 15) is 18.8 Å². The molecule has 2 unspecified atom stereocenters. The summed E-state index contributed by atoms with van der Waals surface area (Å²) in [6.45, 7) is 0. The van der Waals surface area contributed by atoms with Crippen LogP contribution in [0.4, 0.5) is 10.1 Å². The highest BCUT2D eigenvalue weighted by Crippen LogP contribution is 2.33. The summed E-state index contributed by atoms with van der Waals surface area (Å²) in [6.07, 6.45) is 1.45. The van der Waals surface area contributed by atoms with Crippen LogP contribution in [0, 0.1) is 17.7 Å². The summed E-state index contributed by atoms with van der Waals surface area (Å²) in [6, 6.07) is 3.05. The van der Waals surface area contributed by atoms with Crippen molar-refractivity contribution in [3.05, 3.63) is 29.6 Å². The van der Waals surface area contributed by atoms with Gasteiger partial charge in [0.1, 0.15) is 5.82 Å². The molecule has 0 radical (unpaired) electrons. The van der Waals surface area contributed by atoms with Crippen molar-refractivity contribution in [3.8, 4) is 0 Å². The van der Waals surface area contributed by atoms with Crippen LogP contribution < -0.4 is 5.32 Å². The van der Waals surface area contributed by atoms with Crippen LogP contribution in [0.25, 0.3) is 0 Å². The number of carbonyl (C=O) groups excluding carboxylic acids is 1. The monoisotopic (exact) mass is 295 g/mol. The van der Waals surface area contributed by atoms with Gasteiger partial charge in [-0.3, -0.25) is 9.59 Å². The van der Waals surface area contributed by atoms with Crippen LogP contribution in [0.3, 0.4) is 0 Å². The first kappa shape index (κ1) is 15.0. The predicted octanol–water partition coefficient (Wildman–Crippen LogP) is 1.96. The van der Waals surface area contributed by atoms with E-state index in [4.69, 9.17) is 10.2 Å². The Morgan fingerprint density at radius 3 is 2.43 bits per heavy atom. The Morgan fingerprint density at radius 1 is 1.14 bits per heavy atom. The van der Waals surface area contributed by atoms with Crippen LogP contribution in [-0.2, 0) is 9.59 Å². The number of amides is 1. The second-order valence-corrected chi connectivity index (χ2v) is 4.97. The molecule has 7 heteroatoms. The summed E-state index contributed by atoms with van der Waals surface area (Å²) in [7, 11) is 0. The van der Waals surface area contributed by atoms with E-state index in [1.54, 1.807) is 0 Å². The van der Waals surface area contributed by atoms with Crippen molar-refractivity contribution in [2.75, 3.05) is 5.32 Å². The van der Waals surface area contributed by atoms with E-state index in [0.29, 0.717) is 19.3 Å². The maximum atomic E-state index is 13.6. The number of anilines is 1. The smallest absolute Gasteiger partial charge is 0.335 e. The average Bonchev–Trinajstić information content (AvgIpc) is 2.90. The molecule has 1 aromatic carbocycles. The van der Waals surface area contributed by atoms with E-state index in [0.717, 1.165) is 18.2 Å². The fourth-order valence-corrected chi connectivity index (χ4v) is 2.55. The third-order valence-corrected chi connectivity index (χ3v) is 3.64. The van der Waals surface area contributed by atoms with Crippen molar-refractivity contribution in [1.82, 2.24) is 0 Å². The number of carboxylic acids is 2. The van der Waals surface area contributed by atoms with E-state index in [1.165, 1.54) is 0 Å². The zero-order valence-corrected chi connectivity index (χ0v) is 11.0. The number of hydrogen-bond donors (Lipinski definition) is 3. The Hall–Kier alpha value is -2.44. The summed E-state index contributed by atoms with van der Waals surface area (Å²) >= 11 is 0. The van der Waals surface area contributed by atoms with Crippen molar-refractivity contribution < 1.29 is 29.0 Å². The first-order chi connectivity index (χ1) is 9.90. The molecule has 0 aromatic heterocycles. The van der Waals surface area contributed by atoms with Gasteiger partial charge in [0.25, 0.3) is 0 Å². The van der Waals surface area contributed by atoms with E-state index < -0.39 is 35.5 Å². The van der Waals surface area contributed by atoms with Crippen LogP contribution in [0.2, 0.25) is 0 Å². The molecule has 21 heavy (non-hydrogen) atoms. The number of carboxylic acid groups (broad SMARTS) is 2. The standard InChI is InChI=1S/C14H14FNO5/c15-10-5-4-7(13(18)19)6-11(10)16-12(17)8-2-1-3-9(8)14(20)21/h4-6,8-9H,1-3H2,(H,16,17)(H,18,19)(H,20,21). The second kappa shape index (κ2) is 5.90. The highest BCUT2D eigenvalue weighted by Gasteiger charge is 2.37. The van der Waals surface area contributed by atoms with Crippen LogP contribution in [-0.4, -0.2) is 28.1 Å². The number of halogens is 1. The van der Waals surface area contributed by atoms with E-state index in [2.05, 4.69) is 5.32 Å². The van der Waals surface area contributed by atoms with Gasteiger partial charge >= 0.3 is 11.9 Å². The van der Waals surface area contributed by atoms with Crippen molar-refractivity contribution in [2.45, 2.75) is 19.3 Å². The maximum absolute atomic E-state index is 13.6. The summed E-state index contributed by atoms with van der Waals surface area (Å²) in [4.78, 5) is 34.0. The minimum Gasteiger partial charge on any atom is -0.481 e. The van der Waals surface area contributed by atoms with Crippen molar-refractivity contribution in [2.24, 2.45) is 11.8 Å². The Kier molecular flexibility index (Phi) is 4.21. The molecule has 0 aliphatic heterocycles. The lowest BCUT2D eigenvalue weighted by atomic mass is 9.95. The van der Waals surface area contributed by atoms with Gasteiger partial charge in [-0.1, -0.05) is 6.42 Å². The van der Waals surface area contributed by atoms with E-state index >= 15 is 0 Å². The Labute approximate surface area is 119 Å². The number of aromatic carboxylic acids is 1. The summed E-state index contributed by atoms with van der Waals surface area (Å²) < 4.78 is 13.6. The van der Waals surface area contributed by atoms with Gasteiger partial charge in [0.15, 0.2) is 0 Å². The second-order valence-electron chi connectivity index (χ2n) is 4.97. The molecule has 1 fully saturated rings. The molecular weight excluding hydrogens is 281 g/mol. The van der Waals surface area contributed by atoms with E-state index in [-0.39, 0.29) is 11.3 Å². The molecule has 1 aliphatic rings. The molecule has 6 nitrogen and oxygen atoms in total. The lowest BCUT2D eigenvalue weighted by Crippen LogP contribution is -2.30. The third kappa shape index (κ3) is 3.18. The minimum absolute atomic E-state index is 0.159. The number of benzene rings is 1. The molecule has 3 N–H and O–H groups in total. The zero-order chi connectivity index (χ0) is 15.6. The average molecular weight is 295 g/mol. The fourth-order valence-electron chi connectivity index (χ4n) is 2.55. The van der Waals surface area contributed by atoms with Gasteiger partial charge in [-0.25, -0.2) is 9.18 Å². The SMILES string of the molecule is O=C(O)c1ccc(F)c(NC(=O)C2CCCC2C(=O)O)c1. The number of hydrogen-bond acceptors (Lipinski definition) is 3. The number of carbonyl (C=O) groups is 3. The summed E-state index contributed by atoms with van der Waals surface area (Å²) in [5, 5.41) is 20.2. The first-order valence-corrected chi connectivity index (χ1v) is 6.46. The molecule has 0 saturated heterocycles. The Morgan fingerprint density at radius 2 is 1.81 bits per heavy atom.